The Labute approximate surface area is 176 Å². The highest BCUT2D eigenvalue weighted by Crippen LogP contribution is 2.34. The number of carbonyl (C=O) groups excluding carboxylic acids is 3. The van der Waals surface area contributed by atoms with Crippen LogP contribution in [0.5, 0.6) is 0 Å². The summed E-state index contributed by atoms with van der Waals surface area (Å²) in [7, 11) is 1.25. The Hall–Kier alpha value is -3.52. The van der Waals surface area contributed by atoms with Crippen molar-refractivity contribution >= 4 is 35.0 Å². The molecule has 2 aromatic heterocycles. The van der Waals surface area contributed by atoms with Gasteiger partial charge < -0.3 is 13.7 Å². The standard InChI is InChI=1S/C22H18N2O5S/c1-14-5-3-6-15(11-14)23-10-4-7-16(23)12-19-20(25)24(22(27)30-19)13-17-8-9-18(29-17)21(26)28-2/h3-12H,13H2,1-2H3/b19-12+. The van der Waals surface area contributed by atoms with E-state index in [1.54, 1.807) is 12.1 Å². The second-order valence-electron chi connectivity index (χ2n) is 6.67. The van der Waals surface area contributed by atoms with Crippen LogP contribution in [-0.2, 0) is 16.1 Å². The topological polar surface area (TPSA) is 81.8 Å². The predicted molar refractivity (Wildman–Crippen MR) is 112 cm³/mol. The quantitative estimate of drug-likeness (QED) is 0.448. The van der Waals surface area contributed by atoms with Crippen molar-refractivity contribution in [1.29, 1.82) is 0 Å². The molecule has 0 saturated carbocycles. The summed E-state index contributed by atoms with van der Waals surface area (Å²) in [6.45, 7) is 1.95. The van der Waals surface area contributed by atoms with E-state index in [1.807, 2.05) is 54.1 Å². The molecule has 1 saturated heterocycles. The maximum absolute atomic E-state index is 12.8. The number of thioether (sulfide) groups is 1. The van der Waals surface area contributed by atoms with Gasteiger partial charge in [-0.2, -0.15) is 0 Å². The third kappa shape index (κ3) is 3.81. The Bertz CT molecular complexity index is 1170. The third-order valence-electron chi connectivity index (χ3n) is 4.57. The number of ether oxygens (including phenoxy) is 1. The first-order valence-corrected chi connectivity index (χ1v) is 9.94. The second kappa shape index (κ2) is 8.08. The van der Waals surface area contributed by atoms with E-state index in [4.69, 9.17) is 4.42 Å². The summed E-state index contributed by atoms with van der Waals surface area (Å²) in [5.41, 5.74) is 2.88. The Morgan fingerprint density at radius 2 is 2.00 bits per heavy atom. The number of aryl methyl sites for hydroxylation is 1. The van der Waals surface area contributed by atoms with Crippen LogP contribution in [0.15, 0.2) is 64.1 Å². The summed E-state index contributed by atoms with van der Waals surface area (Å²) in [5.74, 6) is -0.682. The lowest BCUT2D eigenvalue weighted by Crippen LogP contribution is -2.27. The molecule has 2 amide bonds. The Kier molecular flexibility index (Phi) is 5.33. The Balaban J connectivity index is 1.56. The van der Waals surface area contributed by atoms with Gasteiger partial charge in [0.25, 0.3) is 11.1 Å². The number of methoxy groups -OCH3 is 1. The SMILES string of the molecule is COC(=O)c1ccc(CN2C(=O)S/C(=C/c3cccn3-c3cccc(C)c3)C2=O)o1. The van der Waals surface area contributed by atoms with Crippen LogP contribution in [0.4, 0.5) is 4.79 Å². The molecule has 0 radical (unpaired) electrons. The van der Waals surface area contributed by atoms with E-state index >= 15 is 0 Å². The van der Waals surface area contributed by atoms with Gasteiger partial charge >= 0.3 is 5.97 Å². The minimum Gasteiger partial charge on any atom is -0.463 e. The maximum atomic E-state index is 12.8. The normalized spacial score (nSPS) is 15.3. The number of carbonyl (C=O) groups is 3. The molecule has 1 aliphatic heterocycles. The zero-order chi connectivity index (χ0) is 21.3. The van der Waals surface area contributed by atoms with Gasteiger partial charge in [-0.1, -0.05) is 12.1 Å². The van der Waals surface area contributed by atoms with Gasteiger partial charge in [0.05, 0.1) is 18.6 Å². The molecule has 0 bridgehead atoms. The minimum atomic E-state index is -0.618. The highest BCUT2D eigenvalue weighted by molar-refractivity contribution is 8.18. The maximum Gasteiger partial charge on any atom is 0.373 e. The first kappa shape index (κ1) is 19.8. The van der Waals surface area contributed by atoms with Gasteiger partial charge in [-0.25, -0.2) is 4.79 Å². The summed E-state index contributed by atoms with van der Waals surface area (Å²) < 4.78 is 11.9. The first-order chi connectivity index (χ1) is 14.5. The molecule has 0 N–H and O–H groups in total. The lowest BCUT2D eigenvalue weighted by Gasteiger charge is -2.10. The number of hydrogen-bond donors (Lipinski definition) is 0. The average Bonchev–Trinajstić information content (AvgIpc) is 3.45. The number of esters is 1. The predicted octanol–water partition coefficient (Wildman–Crippen LogP) is 4.40. The number of nitrogens with zero attached hydrogens (tertiary/aromatic N) is 2. The summed E-state index contributed by atoms with van der Waals surface area (Å²) in [6, 6.07) is 14.8. The lowest BCUT2D eigenvalue weighted by molar-refractivity contribution is -0.123. The van der Waals surface area contributed by atoms with E-state index in [1.165, 1.54) is 13.2 Å². The molecule has 0 aliphatic carbocycles. The van der Waals surface area contributed by atoms with E-state index < -0.39 is 17.1 Å². The fourth-order valence-corrected chi connectivity index (χ4v) is 3.95. The molecule has 8 heteroatoms. The van der Waals surface area contributed by atoms with Gasteiger partial charge in [0.2, 0.25) is 5.76 Å². The van der Waals surface area contributed by atoms with Crippen LogP contribution >= 0.6 is 11.8 Å². The number of benzene rings is 1. The van der Waals surface area contributed by atoms with Gasteiger partial charge in [0.1, 0.15) is 5.76 Å². The number of amides is 2. The molecular formula is C22H18N2O5S. The van der Waals surface area contributed by atoms with Crippen molar-refractivity contribution in [3.8, 4) is 5.69 Å². The van der Waals surface area contributed by atoms with Crippen molar-refractivity contribution < 1.29 is 23.5 Å². The molecule has 4 rings (SSSR count). The second-order valence-corrected chi connectivity index (χ2v) is 7.66. The average molecular weight is 422 g/mol. The van der Waals surface area contributed by atoms with Gasteiger partial charge in [-0.05, 0) is 66.7 Å². The largest absolute Gasteiger partial charge is 0.463 e. The number of hydrogen-bond acceptors (Lipinski definition) is 6. The molecule has 1 fully saturated rings. The molecule has 1 aliphatic rings. The van der Waals surface area contributed by atoms with E-state index in [2.05, 4.69) is 4.74 Å². The van der Waals surface area contributed by atoms with Crippen LogP contribution in [0.2, 0.25) is 0 Å². The van der Waals surface area contributed by atoms with Crippen molar-refractivity contribution in [3.05, 3.63) is 82.4 Å². The Morgan fingerprint density at radius 1 is 1.17 bits per heavy atom. The summed E-state index contributed by atoms with van der Waals surface area (Å²) >= 11 is 0.876. The van der Waals surface area contributed by atoms with Crippen molar-refractivity contribution in [2.24, 2.45) is 0 Å². The number of furan rings is 1. The molecule has 7 nitrogen and oxygen atoms in total. The molecule has 152 valence electrons. The van der Waals surface area contributed by atoms with Crippen LogP contribution < -0.4 is 0 Å². The fraction of sp³-hybridized carbons (Fsp3) is 0.136. The van der Waals surface area contributed by atoms with E-state index in [9.17, 15) is 14.4 Å². The van der Waals surface area contributed by atoms with Gasteiger partial charge in [0.15, 0.2) is 0 Å². The van der Waals surface area contributed by atoms with Gasteiger partial charge in [-0.15, -0.1) is 0 Å². The van der Waals surface area contributed by atoms with Crippen molar-refractivity contribution in [2.45, 2.75) is 13.5 Å². The minimum absolute atomic E-state index is 0.0194. The fourth-order valence-electron chi connectivity index (χ4n) is 3.12. The smallest absolute Gasteiger partial charge is 0.373 e. The summed E-state index contributed by atoms with van der Waals surface area (Å²) in [4.78, 5) is 38.2. The molecule has 0 atom stereocenters. The molecule has 3 aromatic rings. The van der Waals surface area contributed by atoms with E-state index in [0.29, 0.717) is 10.7 Å². The Morgan fingerprint density at radius 3 is 2.77 bits per heavy atom. The number of aromatic nitrogens is 1. The number of imide groups is 1. The molecule has 30 heavy (non-hydrogen) atoms. The van der Waals surface area contributed by atoms with Crippen molar-refractivity contribution in [2.75, 3.05) is 7.11 Å². The molecule has 1 aromatic carbocycles. The van der Waals surface area contributed by atoms with Crippen LogP contribution in [0, 0.1) is 6.92 Å². The summed E-state index contributed by atoms with van der Waals surface area (Å²) in [6.07, 6.45) is 3.61. The number of rotatable bonds is 5. The zero-order valence-corrected chi connectivity index (χ0v) is 17.1. The highest BCUT2D eigenvalue weighted by atomic mass is 32.2. The lowest BCUT2D eigenvalue weighted by atomic mass is 10.2. The van der Waals surface area contributed by atoms with Crippen molar-refractivity contribution in [3.63, 3.8) is 0 Å². The van der Waals surface area contributed by atoms with Crippen molar-refractivity contribution in [1.82, 2.24) is 9.47 Å². The van der Waals surface area contributed by atoms with E-state index in [-0.39, 0.29) is 12.3 Å². The zero-order valence-electron chi connectivity index (χ0n) is 16.3. The van der Waals surface area contributed by atoms with Crippen LogP contribution in [0.3, 0.4) is 0 Å². The molecular weight excluding hydrogens is 404 g/mol. The van der Waals surface area contributed by atoms with Crippen LogP contribution in [-0.4, -0.2) is 33.7 Å². The van der Waals surface area contributed by atoms with Gasteiger partial charge in [0, 0.05) is 17.6 Å². The van der Waals surface area contributed by atoms with Crippen LogP contribution in [0.1, 0.15) is 27.6 Å². The molecule has 0 spiro atoms. The first-order valence-electron chi connectivity index (χ1n) is 9.13. The van der Waals surface area contributed by atoms with Crippen LogP contribution in [0.25, 0.3) is 11.8 Å². The third-order valence-corrected chi connectivity index (χ3v) is 5.48. The molecule has 0 unspecified atom stereocenters. The molecule has 3 heterocycles. The summed E-state index contributed by atoms with van der Waals surface area (Å²) in [5, 5.41) is -0.393. The van der Waals surface area contributed by atoms with Gasteiger partial charge in [-0.3, -0.25) is 14.5 Å². The van der Waals surface area contributed by atoms with E-state index in [0.717, 1.165) is 33.6 Å². The highest BCUT2D eigenvalue weighted by Gasteiger charge is 2.36. The monoisotopic (exact) mass is 422 g/mol.